The third-order valence-corrected chi connectivity index (χ3v) is 2.23. The number of pyridine rings is 1. The summed E-state index contributed by atoms with van der Waals surface area (Å²) in [6.45, 7) is 0.720. The van der Waals surface area contributed by atoms with Crippen LogP contribution < -0.4 is 10.6 Å². The first-order valence-corrected chi connectivity index (χ1v) is 5.13. The zero-order valence-electron chi connectivity index (χ0n) is 9.65. The fraction of sp³-hybridized carbons (Fsp3) is 0.400. The molecule has 0 fully saturated rings. The van der Waals surface area contributed by atoms with Gasteiger partial charge in [-0.25, -0.2) is 0 Å². The first-order chi connectivity index (χ1) is 8.37. The maximum absolute atomic E-state index is 12.4. The summed E-state index contributed by atoms with van der Waals surface area (Å²) < 4.78 is 37.1. The van der Waals surface area contributed by atoms with Crippen molar-refractivity contribution in [3.05, 3.63) is 24.0 Å². The lowest BCUT2D eigenvalue weighted by Crippen LogP contribution is -2.34. The van der Waals surface area contributed by atoms with Gasteiger partial charge in [-0.2, -0.15) is 13.2 Å². The van der Waals surface area contributed by atoms with Crippen LogP contribution in [0.15, 0.2) is 23.5 Å². The van der Waals surface area contributed by atoms with Crippen LogP contribution in [0.25, 0.3) is 0 Å². The van der Waals surface area contributed by atoms with Crippen molar-refractivity contribution >= 4 is 11.5 Å². The Kier molecular flexibility index (Phi) is 4.35. The van der Waals surface area contributed by atoms with Crippen LogP contribution in [-0.2, 0) is 0 Å². The summed E-state index contributed by atoms with van der Waals surface area (Å²) in [5.74, 6) is -0.250. The Labute approximate surface area is 102 Å². The SMILES string of the molecule is CCN(CC(F)(F)F)c1ccnc(C(N)=NO)c1. The molecule has 0 radical (unpaired) electrons. The van der Waals surface area contributed by atoms with E-state index in [0.717, 1.165) is 4.90 Å². The number of halogens is 3. The minimum Gasteiger partial charge on any atom is -0.409 e. The van der Waals surface area contributed by atoms with Gasteiger partial charge in [-0.3, -0.25) is 4.98 Å². The van der Waals surface area contributed by atoms with Crippen molar-refractivity contribution in [1.82, 2.24) is 4.98 Å². The Hall–Kier alpha value is -1.99. The molecular weight excluding hydrogens is 249 g/mol. The van der Waals surface area contributed by atoms with E-state index in [9.17, 15) is 13.2 Å². The van der Waals surface area contributed by atoms with E-state index < -0.39 is 12.7 Å². The number of hydrogen-bond acceptors (Lipinski definition) is 4. The number of anilines is 1. The molecule has 1 rings (SSSR count). The number of aromatic nitrogens is 1. The van der Waals surface area contributed by atoms with Gasteiger partial charge in [0.1, 0.15) is 12.2 Å². The second kappa shape index (κ2) is 5.56. The van der Waals surface area contributed by atoms with Crippen molar-refractivity contribution in [3.63, 3.8) is 0 Å². The maximum atomic E-state index is 12.4. The molecule has 100 valence electrons. The Morgan fingerprint density at radius 1 is 1.56 bits per heavy atom. The van der Waals surface area contributed by atoms with Gasteiger partial charge in [0.2, 0.25) is 0 Å². The Morgan fingerprint density at radius 2 is 2.22 bits per heavy atom. The summed E-state index contributed by atoms with van der Waals surface area (Å²) in [6.07, 6.45) is -2.99. The van der Waals surface area contributed by atoms with Crippen molar-refractivity contribution in [2.75, 3.05) is 18.0 Å². The monoisotopic (exact) mass is 262 g/mol. The van der Waals surface area contributed by atoms with E-state index in [1.165, 1.54) is 18.3 Å². The van der Waals surface area contributed by atoms with E-state index in [0.29, 0.717) is 5.69 Å². The van der Waals surface area contributed by atoms with Crippen LogP contribution in [0.3, 0.4) is 0 Å². The summed E-state index contributed by atoms with van der Waals surface area (Å²) in [5.41, 5.74) is 5.76. The fourth-order valence-corrected chi connectivity index (χ4v) is 1.41. The summed E-state index contributed by atoms with van der Waals surface area (Å²) in [7, 11) is 0. The molecule has 0 saturated carbocycles. The fourth-order valence-electron chi connectivity index (χ4n) is 1.41. The van der Waals surface area contributed by atoms with Crippen LogP contribution in [0.2, 0.25) is 0 Å². The third-order valence-electron chi connectivity index (χ3n) is 2.23. The summed E-state index contributed by atoms with van der Waals surface area (Å²) in [6, 6.07) is 2.77. The number of hydrogen-bond donors (Lipinski definition) is 2. The average molecular weight is 262 g/mol. The molecule has 0 aliphatic carbocycles. The van der Waals surface area contributed by atoms with Gasteiger partial charge in [0.25, 0.3) is 0 Å². The van der Waals surface area contributed by atoms with Crippen molar-refractivity contribution < 1.29 is 18.4 Å². The van der Waals surface area contributed by atoms with Gasteiger partial charge in [0, 0.05) is 18.4 Å². The van der Waals surface area contributed by atoms with Gasteiger partial charge < -0.3 is 15.8 Å². The van der Waals surface area contributed by atoms with Crippen LogP contribution >= 0.6 is 0 Å². The number of nitrogens with two attached hydrogens (primary N) is 1. The molecule has 0 aromatic carbocycles. The van der Waals surface area contributed by atoms with Crippen LogP contribution in [-0.4, -0.2) is 35.3 Å². The topological polar surface area (TPSA) is 74.7 Å². The highest BCUT2D eigenvalue weighted by molar-refractivity contribution is 5.95. The molecule has 3 N–H and O–H groups in total. The molecule has 1 aromatic rings. The molecule has 0 unspecified atom stereocenters. The molecule has 0 saturated heterocycles. The Bertz CT molecular complexity index is 433. The molecule has 0 aliphatic heterocycles. The van der Waals surface area contributed by atoms with Gasteiger partial charge in [0.15, 0.2) is 5.84 Å². The lowest BCUT2D eigenvalue weighted by atomic mass is 10.2. The second-order valence-corrected chi connectivity index (χ2v) is 3.51. The molecule has 1 aromatic heterocycles. The van der Waals surface area contributed by atoms with Crippen molar-refractivity contribution in [3.8, 4) is 0 Å². The van der Waals surface area contributed by atoms with E-state index in [4.69, 9.17) is 10.9 Å². The smallest absolute Gasteiger partial charge is 0.405 e. The van der Waals surface area contributed by atoms with Crippen LogP contribution in [0.5, 0.6) is 0 Å². The van der Waals surface area contributed by atoms with E-state index in [1.807, 2.05) is 0 Å². The van der Waals surface area contributed by atoms with Gasteiger partial charge >= 0.3 is 6.18 Å². The predicted octanol–water partition coefficient (Wildman–Crippen LogP) is 1.56. The normalized spacial score (nSPS) is 12.6. The highest BCUT2D eigenvalue weighted by Crippen LogP contribution is 2.22. The number of oxime groups is 1. The van der Waals surface area contributed by atoms with Crippen molar-refractivity contribution in [2.24, 2.45) is 10.9 Å². The number of alkyl halides is 3. The predicted molar refractivity (Wildman–Crippen MR) is 60.7 cm³/mol. The van der Waals surface area contributed by atoms with Crippen molar-refractivity contribution in [1.29, 1.82) is 0 Å². The number of amidine groups is 1. The van der Waals surface area contributed by atoms with Crippen LogP contribution in [0, 0.1) is 0 Å². The third kappa shape index (κ3) is 3.79. The van der Waals surface area contributed by atoms with Gasteiger partial charge in [-0.15, -0.1) is 0 Å². The number of rotatable bonds is 4. The molecule has 0 aliphatic rings. The van der Waals surface area contributed by atoms with Crippen LogP contribution in [0.1, 0.15) is 12.6 Å². The van der Waals surface area contributed by atoms with Crippen molar-refractivity contribution in [2.45, 2.75) is 13.1 Å². The average Bonchev–Trinajstić information content (AvgIpc) is 2.34. The minimum absolute atomic E-state index is 0.121. The first-order valence-electron chi connectivity index (χ1n) is 5.13. The highest BCUT2D eigenvalue weighted by Gasteiger charge is 2.30. The zero-order chi connectivity index (χ0) is 13.8. The van der Waals surface area contributed by atoms with E-state index >= 15 is 0 Å². The lowest BCUT2D eigenvalue weighted by Gasteiger charge is -2.24. The molecule has 18 heavy (non-hydrogen) atoms. The van der Waals surface area contributed by atoms with Gasteiger partial charge in [0.05, 0.1) is 0 Å². The molecular formula is C10H13F3N4O. The quantitative estimate of drug-likeness (QED) is 0.374. The molecule has 1 heterocycles. The standard InChI is InChI=1S/C10H13F3N4O/c1-2-17(6-10(11,12)13)7-3-4-15-8(5-7)9(14)16-18/h3-5,18H,2,6H2,1H3,(H2,14,16). The second-order valence-electron chi connectivity index (χ2n) is 3.51. The maximum Gasteiger partial charge on any atom is 0.405 e. The number of nitrogens with zero attached hydrogens (tertiary/aromatic N) is 3. The van der Waals surface area contributed by atoms with E-state index in [-0.39, 0.29) is 18.1 Å². The van der Waals surface area contributed by atoms with E-state index in [1.54, 1.807) is 6.92 Å². The van der Waals surface area contributed by atoms with E-state index in [2.05, 4.69) is 10.1 Å². The summed E-state index contributed by atoms with van der Waals surface area (Å²) in [5, 5.41) is 11.2. The molecule has 0 amide bonds. The summed E-state index contributed by atoms with van der Waals surface area (Å²) in [4.78, 5) is 4.92. The minimum atomic E-state index is -4.30. The Morgan fingerprint density at radius 3 is 2.72 bits per heavy atom. The van der Waals surface area contributed by atoms with Gasteiger partial charge in [-0.1, -0.05) is 5.16 Å². The van der Waals surface area contributed by atoms with Crippen LogP contribution in [0.4, 0.5) is 18.9 Å². The molecule has 0 bridgehead atoms. The zero-order valence-corrected chi connectivity index (χ0v) is 9.65. The highest BCUT2D eigenvalue weighted by atomic mass is 19.4. The molecule has 0 spiro atoms. The molecule has 5 nitrogen and oxygen atoms in total. The first kappa shape index (κ1) is 14.1. The Balaban J connectivity index is 3.00. The lowest BCUT2D eigenvalue weighted by molar-refractivity contribution is -0.119. The summed E-state index contributed by atoms with van der Waals surface area (Å²) >= 11 is 0. The molecule has 0 atom stereocenters. The largest absolute Gasteiger partial charge is 0.409 e. The van der Waals surface area contributed by atoms with Gasteiger partial charge in [-0.05, 0) is 19.1 Å². The molecule has 8 heteroatoms.